The summed E-state index contributed by atoms with van der Waals surface area (Å²) < 4.78 is 16.3. The van der Waals surface area contributed by atoms with Gasteiger partial charge in [-0.25, -0.2) is 9.59 Å². The van der Waals surface area contributed by atoms with Crippen molar-refractivity contribution in [2.24, 2.45) is 5.10 Å². The van der Waals surface area contributed by atoms with E-state index in [1.807, 2.05) is 0 Å². The Kier molecular flexibility index (Phi) is 9.40. The highest BCUT2D eigenvalue weighted by Gasteiger charge is 2.32. The quantitative estimate of drug-likeness (QED) is 0.158. The maximum Gasteiger partial charge on any atom is 0.337 e. The van der Waals surface area contributed by atoms with Gasteiger partial charge in [-0.2, -0.15) is 5.10 Å². The van der Waals surface area contributed by atoms with Crippen molar-refractivity contribution in [1.29, 1.82) is 0 Å². The molecule has 192 valence electrons. The van der Waals surface area contributed by atoms with Crippen molar-refractivity contribution < 1.29 is 28.9 Å². The number of aliphatic hydroxyl groups is 1. The SMILES string of the molecule is CCOc1cc([C@H]2NC(=O)NC(C)=C2C(=O)OC)ccc1OC[C@H](O)N/N=C\c1ccc(Cl)cc1Cl. The Hall–Kier alpha value is -3.47. The number of nitrogens with one attached hydrogen (secondary N) is 3. The van der Waals surface area contributed by atoms with Crippen LogP contribution in [0, 0.1) is 0 Å². The summed E-state index contributed by atoms with van der Waals surface area (Å²) in [6, 6.07) is 8.73. The minimum atomic E-state index is -1.14. The molecule has 0 aliphatic carbocycles. The zero-order valence-electron chi connectivity index (χ0n) is 19.8. The summed E-state index contributed by atoms with van der Waals surface area (Å²) >= 11 is 12.0. The molecule has 2 aromatic carbocycles. The number of hydrogen-bond donors (Lipinski definition) is 4. The lowest BCUT2D eigenvalue weighted by molar-refractivity contribution is -0.136. The molecular weight excluding hydrogens is 511 g/mol. The van der Waals surface area contributed by atoms with Crippen LogP contribution in [0.3, 0.4) is 0 Å². The molecule has 4 N–H and O–H groups in total. The molecular formula is C24H26Cl2N4O6. The molecule has 0 radical (unpaired) electrons. The first-order valence-corrected chi connectivity index (χ1v) is 11.7. The Morgan fingerprint density at radius 2 is 2.00 bits per heavy atom. The Balaban J connectivity index is 1.71. The summed E-state index contributed by atoms with van der Waals surface area (Å²) in [5, 5.41) is 20.4. The van der Waals surface area contributed by atoms with Crippen molar-refractivity contribution in [3.63, 3.8) is 0 Å². The zero-order chi connectivity index (χ0) is 26.2. The van der Waals surface area contributed by atoms with E-state index in [4.69, 9.17) is 37.4 Å². The summed E-state index contributed by atoms with van der Waals surface area (Å²) in [6.45, 7) is 3.61. The lowest BCUT2D eigenvalue weighted by atomic mass is 9.95. The van der Waals surface area contributed by atoms with Gasteiger partial charge < -0.3 is 30.0 Å². The van der Waals surface area contributed by atoms with E-state index >= 15 is 0 Å². The minimum Gasteiger partial charge on any atom is -0.490 e. The average Bonchev–Trinajstić information content (AvgIpc) is 2.84. The van der Waals surface area contributed by atoms with Gasteiger partial charge in [0.1, 0.15) is 6.61 Å². The van der Waals surface area contributed by atoms with E-state index in [-0.39, 0.29) is 12.2 Å². The Morgan fingerprint density at radius 1 is 1.22 bits per heavy atom. The second-order valence-corrected chi connectivity index (χ2v) is 8.42. The molecule has 0 unspecified atom stereocenters. The second-order valence-electron chi connectivity index (χ2n) is 7.58. The third-order valence-corrected chi connectivity index (χ3v) is 5.62. The third-order valence-electron chi connectivity index (χ3n) is 5.06. The van der Waals surface area contributed by atoms with Crippen LogP contribution in [0.5, 0.6) is 11.5 Å². The van der Waals surface area contributed by atoms with Gasteiger partial charge in [0.05, 0.1) is 36.6 Å². The number of esters is 1. The van der Waals surface area contributed by atoms with Gasteiger partial charge in [0.15, 0.2) is 17.7 Å². The molecule has 1 aliphatic rings. The van der Waals surface area contributed by atoms with Gasteiger partial charge in [-0.15, -0.1) is 0 Å². The molecule has 0 spiro atoms. The predicted octanol–water partition coefficient (Wildman–Crippen LogP) is 3.51. The number of hydrazone groups is 1. The van der Waals surface area contributed by atoms with E-state index in [1.165, 1.54) is 13.3 Å². The molecule has 0 bridgehead atoms. The Bertz CT molecular complexity index is 1190. The highest BCUT2D eigenvalue weighted by molar-refractivity contribution is 6.36. The highest BCUT2D eigenvalue weighted by Crippen LogP contribution is 2.34. The molecule has 0 fully saturated rings. The van der Waals surface area contributed by atoms with Crippen LogP contribution in [-0.2, 0) is 9.53 Å². The average molecular weight is 537 g/mol. The number of halogens is 2. The maximum absolute atomic E-state index is 12.3. The van der Waals surface area contributed by atoms with E-state index in [0.29, 0.717) is 45.0 Å². The minimum absolute atomic E-state index is 0.151. The lowest BCUT2D eigenvalue weighted by Crippen LogP contribution is -2.45. The molecule has 3 rings (SSSR count). The first-order valence-electron chi connectivity index (χ1n) is 10.9. The summed E-state index contributed by atoms with van der Waals surface area (Å²) in [7, 11) is 1.27. The van der Waals surface area contributed by atoms with Crippen LogP contribution >= 0.6 is 23.2 Å². The number of allylic oxidation sites excluding steroid dienone is 1. The molecule has 0 saturated carbocycles. The fourth-order valence-electron chi connectivity index (χ4n) is 3.42. The second kappa shape index (κ2) is 12.5. The van der Waals surface area contributed by atoms with Crippen LogP contribution in [0.25, 0.3) is 0 Å². The Labute approximate surface area is 218 Å². The number of carbonyl (C=O) groups excluding carboxylic acids is 2. The van der Waals surface area contributed by atoms with Gasteiger partial charge in [0.25, 0.3) is 0 Å². The zero-order valence-corrected chi connectivity index (χ0v) is 21.3. The molecule has 2 amide bonds. The van der Waals surface area contributed by atoms with E-state index in [1.54, 1.807) is 50.2 Å². The molecule has 2 atom stereocenters. The van der Waals surface area contributed by atoms with Gasteiger partial charge in [0.2, 0.25) is 0 Å². The van der Waals surface area contributed by atoms with Gasteiger partial charge in [-0.1, -0.05) is 35.3 Å². The van der Waals surface area contributed by atoms with Crippen molar-refractivity contribution in [2.45, 2.75) is 26.1 Å². The number of methoxy groups -OCH3 is 1. The van der Waals surface area contributed by atoms with Crippen molar-refractivity contribution in [3.05, 3.63) is 68.8 Å². The monoisotopic (exact) mass is 536 g/mol. The number of carbonyl (C=O) groups is 2. The maximum atomic E-state index is 12.3. The molecule has 12 heteroatoms. The van der Waals surface area contributed by atoms with Crippen LogP contribution in [-0.4, -0.2) is 49.9 Å². The van der Waals surface area contributed by atoms with Crippen LogP contribution in [0.2, 0.25) is 10.0 Å². The number of benzene rings is 2. The summed E-state index contributed by atoms with van der Waals surface area (Å²) in [6.07, 6.45) is 0.311. The molecule has 0 saturated heterocycles. The molecule has 2 aromatic rings. The lowest BCUT2D eigenvalue weighted by Gasteiger charge is -2.28. The van der Waals surface area contributed by atoms with Gasteiger partial charge >= 0.3 is 12.0 Å². The van der Waals surface area contributed by atoms with E-state index in [2.05, 4.69) is 21.2 Å². The number of nitrogens with zero attached hydrogens (tertiary/aromatic N) is 1. The van der Waals surface area contributed by atoms with Crippen LogP contribution in [0.15, 0.2) is 52.8 Å². The smallest absolute Gasteiger partial charge is 0.337 e. The summed E-state index contributed by atoms with van der Waals surface area (Å²) in [4.78, 5) is 24.4. The van der Waals surface area contributed by atoms with Crippen molar-refractivity contribution in [1.82, 2.24) is 16.1 Å². The van der Waals surface area contributed by atoms with Crippen molar-refractivity contribution >= 4 is 41.4 Å². The van der Waals surface area contributed by atoms with E-state index in [9.17, 15) is 14.7 Å². The normalized spacial score (nSPS) is 16.3. The number of amides is 2. The van der Waals surface area contributed by atoms with Crippen molar-refractivity contribution in [3.8, 4) is 11.5 Å². The number of ether oxygens (including phenoxy) is 3. The fraction of sp³-hybridized carbons (Fsp3) is 0.292. The van der Waals surface area contributed by atoms with E-state index < -0.39 is 24.3 Å². The first kappa shape index (κ1) is 27.1. The van der Waals surface area contributed by atoms with Crippen LogP contribution < -0.4 is 25.5 Å². The van der Waals surface area contributed by atoms with E-state index in [0.717, 1.165) is 0 Å². The van der Waals surface area contributed by atoms with Gasteiger partial charge in [-0.05, 0) is 43.7 Å². The van der Waals surface area contributed by atoms with Gasteiger partial charge in [0, 0.05) is 16.3 Å². The number of rotatable bonds is 10. The molecule has 0 aromatic heterocycles. The fourth-order valence-corrected chi connectivity index (χ4v) is 3.88. The Morgan fingerprint density at radius 3 is 2.69 bits per heavy atom. The largest absolute Gasteiger partial charge is 0.490 e. The summed E-state index contributed by atoms with van der Waals surface area (Å²) in [5.74, 6) is 0.151. The van der Waals surface area contributed by atoms with Crippen molar-refractivity contribution in [2.75, 3.05) is 20.3 Å². The molecule has 1 aliphatic heterocycles. The van der Waals surface area contributed by atoms with Gasteiger partial charge in [-0.3, -0.25) is 5.43 Å². The standard InChI is InChI=1S/C24H26Cl2N4O6/c1-4-35-19-9-14(22-21(23(32)34-3)13(2)28-24(33)29-22)6-8-18(19)36-12-20(31)30-27-11-15-5-7-16(25)10-17(15)26/h5-11,20,22,30-31H,4,12H2,1-3H3,(H2,28,29,33)/b27-11-/t20-,22+/m0/s1. The third kappa shape index (κ3) is 6.81. The first-order chi connectivity index (χ1) is 17.2. The highest BCUT2D eigenvalue weighted by atomic mass is 35.5. The van der Waals surface area contributed by atoms with Crippen LogP contribution in [0.1, 0.15) is 31.0 Å². The molecule has 36 heavy (non-hydrogen) atoms. The number of aliphatic hydroxyl groups excluding tert-OH is 1. The number of urea groups is 1. The molecule has 10 nitrogen and oxygen atoms in total. The van der Waals surface area contributed by atoms with Crippen LogP contribution in [0.4, 0.5) is 4.79 Å². The number of hydrogen-bond acceptors (Lipinski definition) is 8. The summed E-state index contributed by atoms with van der Waals surface area (Å²) in [5.41, 5.74) is 4.42. The topological polar surface area (TPSA) is 131 Å². The predicted molar refractivity (Wildman–Crippen MR) is 135 cm³/mol. The molecule has 1 heterocycles.